The summed E-state index contributed by atoms with van der Waals surface area (Å²) in [6.45, 7) is 4.87. The first kappa shape index (κ1) is 54.5. The monoisotopic (exact) mass is 810 g/mol. The maximum Gasteiger partial charge on any atom is 0.472 e. The molecule has 0 fully saturated rings. The van der Waals surface area contributed by atoms with Gasteiger partial charge in [-0.3, -0.25) is 13.8 Å². The van der Waals surface area contributed by atoms with Crippen LogP contribution < -0.4 is 5.73 Å². The second-order valence-corrected chi connectivity index (χ2v) is 16.7. The minimum atomic E-state index is -4.29. The van der Waals surface area contributed by atoms with E-state index in [1.165, 1.54) is 128 Å². The molecule has 56 heavy (non-hydrogen) atoms. The topological polar surface area (TPSA) is 117 Å². The smallest absolute Gasteiger partial charge is 0.457 e. The minimum absolute atomic E-state index is 0.0945. The van der Waals surface area contributed by atoms with Crippen molar-refractivity contribution in [2.24, 2.45) is 5.73 Å². The fourth-order valence-corrected chi connectivity index (χ4v) is 7.10. The first-order valence-corrected chi connectivity index (χ1v) is 24.6. The van der Waals surface area contributed by atoms with Crippen molar-refractivity contribution in [1.29, 1.82) is 0 Å². The molecule has 1 unspecified atom stereocenters. The van der Waals surface area contributed by atoms with Gasteiger partial charge < -0.3 is 20.1 Å². The Bertz CT molecular complexity index is 999. The summed E-state index contributed by atoms with van der Waals surface area (Å²) in [6, 6.07) is 0. The molecule has 0 spiro atoms. The highest BCUT2D eigenvalue weighted by molar-refractivity contribution is 7.47. The zero-order valence-electron chi connectivity index (χ0n) is 36.4. The number of allylic oxidation sites excluding steroid dienone is 8. The summed E-state index contributed by atoms with van der Waals surface area (Å²) >= 11 is 0. The zero-order valence-corrected chi connectivity index (χ0v) is 37.3. The summed E-state index contributed by atoms with van der Waals surface area (Å²) < 4.78 is 33.5. The lowest BCUT2D eigenvalue weighted by Gasteiger charge is -2.20. The molecule has 3 N–H and O–H groups in total. The minimum Gasteiger partial charge on any atom is -0.457 e. The molecule has 0 aromatic rings. The highest BCUT2D eigenvalue weighted by Gasteiger charge is 2.25. The van der Waals surface area contributed by atoms with Crippen LogP contribution in [0.15, 0.2) is 48.6 Å². The van der Waals surface area contributed by atoms with Gasteiger partial charge in [-0.15, -0.1) is 0 Å². The van der Waals surface area contributed by atoms with Gasteiger partial charge in [0.15, 0.2) is 0 Å². The largest absolute Gasteiger partial charge is 0.472 e. The van der Waals surface area contributed by atoms with E-state index in [0.717, 1.165) is 57.8 Å². The Balaban J connectivity index is 4.06. The summed E-state index contributed by atoms with van der Waals surface area (Å²) in [5, 5.41) is 0. The van der Waals surface area contributed by atoms with Crippen molar-refractivity contribution >= 4 is 13.8 Å². The summed E-state index contributed by atoms with van der Waals surface area (Å²) in [6.07, 6.45) is 52.7. The van der Waals surface area contributed by atoms with Crippen LogP contribution in [0.5, 0.6) is 0 Å². The maximum absolute atomic E-state index is 12.6. The molecule has 0 amide bonds. The second-order valence-electron chi connectivity index (χ2n) is 15.3. The van der Waals surface area contributed by atoms with E-state index < -0.39 is 13.9 Å². The van der Waals surface area contributed by atoms with Crippen molar-refractivity contribution in [1.82, 2.24) is 0 Å². The van der Waals surface area contributed by atoms with Gasteiger partial charge in [0, 0.05) is 19.6 Å². The van der Waals surface area contributed by atoms with E-state index in [0.29, 0.717) is 6.61 Å². The Morgan fingerprint density at radius 3 is 1.43 bits per heavy atom. The van der Waals surface area contributed by atoms with Crippen molar-refractivity contribution in [3.8, 4) is 0 Å². The zero-order chi connectivity index (χ0) is 40.9. The molecule has 0 radical (unpaired) electrons. The first-order chi connectivity index (χ1) is 27.4. The van der Waals surface area contributed by atoms with Crippen molar-refractivity contribution in [2.75, 3.05) is 33.0 Å². The number of unbranched alkanes of at least 4 members (excludes halogenated alkanes) is 23. The predicted molar refractivity (Wildman–Crippen MR) is 238 cm³/mol. The highest BCUT2D eigenvalue weighted by Crippen LogP contribution is 2.43. The van der Waals surface area contributed by atoms with E-state index >= 15 is 0 Å². The third kappa shape index (κ3) is 43.6. The SMILES string of the molecule is CCCCC/C=C\C/C=C\C/C=C\C/C=C\CCCCCC(=O)O[C@H](COCCCCCCCCCCCCCCCCCCCC)COP(=O)(O)OCCN. The molecule has 0 saturated heterocycles. The van der Waals surface area contributed by atoms with Gasteiger partial charge in [-0.2, -0.15) is 0 Å². The molecule has 0 aliphatic carbocycles. The van der Waals surface area contributed by atoms with Crippen LogP contribution >= 0.6 is 7.82 Å². The van der Waals surface area contributed by atoms with Crippen molar-refractivity contribution in [2.45, 2.75) is 213 Å². The molecule has 328 valence electrons. The van der Waals surface area contributed by atoms with Gasteiger partial charge in [0.05, 0.1) is 19.8 Å². The van der Waals surface area contributed by atoms with Crippen LogP contribution in [0.2, 0.25) is 0 Å². The summed E-state index contributed by atoms with van der Waals surface area (Å²) in [5.74, 6) is -0.358. The van der Waals surface area contributed by atoms with E-state index in [1.807, 2.05) is 0 Å². The molecule has 0 bridgehead atoms. The Kier molecular flexibility index (Phi) is 43.3. The molecule has 0 aliphatic heterocycles. The predicted octanol–water partition coefficient (Wildman–Crippen LogP) is 14.0. The van der Waals surface area contributed by atoms with E-state index in [-0.39, 0.29) is 38.8 Å². The van der Waals surface area contributed by atoms with Crippen LogP contribution in [0.3, 0.4) is 0 Å². The quantitative estimate of drug-likeness (QED) is 0.0270. The van der Waals surface area contributed by atoms with Gasteiger partial charge in [0.1, 0.15) is 6.10 Å². The number of hydrogen-bond donors (Lipinski definition) is 2. The van der Waals surface area contributed by atoms with Crippen molar-refractivity contribution < 1.29 is 32.8 Å². The first-order valence-electron chi connectivity index (χ1n) is 23.1. The molecule has 2 atom stereocenters. The van der Waals surface area contributed by atoms with Gasteiger partial charge in [-0.1, -0.05) is 191 Å². The fraction of sp³-hybridized carbons (Fsp3) is 0.809. The Labute approximate surface area is 345 Å². The van der Waals surface area contributed by atoms with E-state index in [1.54, 1.807) is 0 Å². The average molecular weight is 810 g/mol. The molecule has 0 rings (SSSR count). The van der Waals surface area contributed by atoms with Crippen molar-refractivity contribution in [3.63, 3.8) is 0 Å². The number of esters is 1. The Hall–Kier alpha value is -1.54. The van der Waals surface area contributed by atoms with Gasteiger partial charge in [0.25, 0.3) is 0 Å². The molecule has 0 aromatic heterocycles. The number of phosphoric acid groups is 1. The van der Waals surface area contributed by atoms with E-state index in [4.69, 9.17) is 24.3 Å². The number of ether oxygens (including phenoxy) is 2. The number of carbonyl (C=O) groups is 1. The summed E-state index contributed by atoms with van der Waals surface area (Å²) in [7, 11) is -4.29. The van der Waals surface area contributed by atoms with Crippen LogP contribution in [0, 0.1) is 0 Å². The Morgan fingerprint density at radius 2 is 0.946 bits per heavy atom. The Morgan fingerprint density at radius 1 is 0.536 bits per heavy atom. The fourth-order valence-electron chi connectivity index (χ4n) is 6.33. The van der Waals surface area contributed by atoms with Gasteiger partial charge in [-0.25, -0.2) is 4.57 Å². The maximum atomic E-state index is 12.6. The lowest BCUT2D eigenvalue weighted by atomic mass is 10.0. The molecule has 0 heterocycles. The van der Waals surface area contributed by atoms with Gasteiger partial charge in [-0.05, 0) is 57.8 Å². The molecule has 0 aliphatic rings. The van der Waals surface area contributed by atoms with Crippen LogP contribution in [-0.4, -0.2) is 49.9 Å². The third-order valence-corrected chi connectivity index (χ3v) is 10.7. The number of carbonyl (C=O) groups excluding carboxylic acids is 1. The molecular weight excluding hydrogens is 721 g/mol. The van der Waals surface area contributed by atoms with Crippen LogP contribution in [0.4, 0.5) is 0 Å². The number of rotatable bonds is 44. The van der Waals surface area contributed by atoms with Crippen LogP contribution in [-0.2, 0) is 27.9 Å². The highest BCUT2D eigenvalue weighted by atomic mass is 31.2. The molecule has 0 saturated carbocycles. The summed E-state index contributed by atoms with van der Waals surface area (Å²) in [4.78, 5) is 22.5. The van der Waals surface area contributed by atoms with Crippen LogP contribution in [0.1, 0.15) is 206 Å². The lowest BCUT2D eigenvalue weighted by Crippen LogP contribution is -2.28. The van der Waals surface area contributed by atoms with Gasteiger partial charge in [0.2, 0.25) is 0 Å². The molecule has 9 heteroatoms. The van der Waals surface area contributed by atoms with Crippen molar-refractivity contribution in [3.05, 3.63) is 48.6 Å². The third-order valence-electron chi connectivity index (χ3n) is 9.75. The number of phosphoric ester groups is 1. The lowest BCUT2D eigenvalue weighted by molar-refractivity contribution is -0.154. The van der Waals surface area contributed by atoms with Gasteiger partial charge >= 0.3 is 13.8 Å². The molecular formula is C47H88NO7P. The molecule has 0 aromatic carbocycles. The van der Waals surface area contributed by atoms with E-state index in [9.17, 15) is 14.3 Å². The number of hydrogen-bond acceptors (Lipinski definition) is 7. The molecule has 8 nitrogen and oxygen atoms in total. The number of nitrogens with two attached hydrogens (primary N) is 1. The van der Waals surface area contributed by atoms with E-state index in [2.05, 4.69) is 62.5 Å². The summed E-state index contributed by atoms with van der Waals surface area (Å²) in [5.41, 5.74) is 5.37. The standard InChI is InChI=1S/C47H88NO7P/c1-3-5-7-9-11-13-15-17-19-21-23-24-26-28-30-32-34-36-38-40-47(49)55-46(45-54-56(50,51)53-43-41-48)44-52-42-39-37-35-33-31-29-27-25-22-20-18-16-14-12-10-8-6-4-2/h11,13,17,19,23-24,28,30,46H,3-10,12,14-16,18,20-22,25-27,29,31-45,48H2,1-2H3,(H,50,51)/b13-11-,19-17-,24-23-,30-28-/t46-/m1/s1. The average Bonchev–Trinajstić information content (AvgIpc) is 3.19. The second kappa shape index (κ2) is 44.6. The normalized spacial score (nSPS) is 13.9. The van der Waals surface area contributed by atoms with Crippen LogP contribution in [0.25, 0.3) is 0 Å².